The van der Waals surface area contributed by atoms with E-state index in [-0.39, 0.29) is 11.2 Å². The first kappa shape index (κ1) is 11.1. The van der Waals surface area contributed by atoms with Crippen molar-refractivity contribution in [1.29, 1.82) is 0 Å². The van der Waals surface area contributed by atoms with Crippen LogP contribution in [-0.2, 0) is 11.8 Å². The molecule has 5 heteroatoms. The maximum absolute atomic E-state index is 11.5. The Labute approximate surface area is 89.1 Å². The van der Waals surface area contributed by atoms with Gasteiger partial charge in [-0.15, -0.1) is 0 Å². The van der Waals surface area contributed by atoms with Crippen molar-refractivity contribution in [2.75, 3.05) is 5.32 Å². The van der Waals surface area contributed by atoms with Crippen LogP contribution >= 0.6 is 12.6 Å². The summed E-state index contributed by atoms with van der Waals surface area (Å²) in [4.78, 5) is 11.5. The quantitative estimate of drug-likeness (QED) is 0.745. The number of carbonyl (C=O) groups is 1. The number of thiol groups is 1. The summed E-state index contributed by atoms with van der Waals surface area (Å²) >= 11 is 4.16. The molecular weight excluding hydrogens is 198 g/mol. The Morgan fingerprint density at radius 1 is 1.79 bits per heavy atom. The lowest BCUT2D eigenvalue weighted by Gasteiger charge is -2.07. The number of aromatic nitrogens is 2. The van der Waals surface area contributed by atoms with Gasteiger partial charge in [0, 0.05) is 13.2 Å². The Balaban J connectivity index is 2.69. The van der Waals surface area contributed by atoms with Crippen LogP contribution < -0.4 is 5.32 Å². The van der Waals surface area contributed by atoms with E-state index in [0.29, 0.717) is 6.42 Å². The van der Waals surface area contributed by atoms with Crippen molar-refractivity contribution in [1.82, 2.24) is 9.78 Å². The van der Waals surface area contributed by atoms with E-state index in [2.05, 4.69) is 23.0 Å². The monoisotopic (exact) mass is 213 g/mol. The second kappa shape index (κ2) is 4.50. The van der Waals surface area contributed by atoms with Crippen LogP contribution in [0.25, 0.3) is 0 Å². The molecule has 0 aliphatic carbocycles. The van der Waals surface area contributed by atoms with Gasteiger partial charge in [0.2, 0.25) is 5.91 Å². The third-order valence-electron chi connectivity index (χ3n) is 1.96. The minimum absolute atomic E-state index is 0.0769. The Morgan fingerprint density at radius 3 is 2.86 bits per heavy atom. The van der Waals surface area contributed by atoms with Crippen LogP contribution in [0.3, 0.4) is 0 Å². The van der Waals surface area contributed by atoms with Crippen molar-refractivity contribution in [2.45, 2.75) is 25.5 Å². The highest BCUT2D eigenvalue weighted by molar-refractivity contribution is 7.81. The Bertz CT molecular complexity index is 335. The zero-order valence-corrected chi connectivity index (χ0v) is 9.51. The largest absolute Gasteiger partial charge is 0.322 e. The number of carbonyl (C=O) groups excluding carboxylic acids is 1. The van der Waals surface area contributed by atoms with E-state index < -0.39 is 0 Å². The molecule has 0 aromatic carbocycles. The molecule has 78 valence electrons. The molecule has 1 unspecified atom stereocenters. The van der Waals surface area contributed by atoms with E-state index in [1.807, 2.05) is 20.9 Å². The lowest BCUT2D eigenvalue weighted by molar-refractivity contribution is -0.115. The van der Waals surface area contributed by atoms with Crippen LogP contribution in [-0.4, -0.2) is 20.9 Å². The Hall–Kier alpha value is -0.970. The number of aryl methyl sites for hydroxylation is 2. The minimum atomic E-state index is -0.255. The van der Waals surface area contributed by atoms with E-state index in [9.17, 15) is 4.79 Å². The van der Waals surface area contributed by atoms with Gasteiger partial charge in [-0.25, -0.2) is 0 Å². The van der Waals surface area contributed by atoms with Crippen molar-refractivity contribution in [3.8, 4) is 0 Å². The van der Waals surface area contributed by atoms with Crippen molar-refractivity contribution >= 4 is 24.2 Å². The van der Waals surface area contributed by atoms with E-state index >= 15 is 0 Å². The molecule has 14 heavy (non-hydrogen) atoms. The number of anilines is 1. The highest BCUT2D eigenvalue weighted by Crippen LogP contribution is 2.13. The molecule has 0 aliphatic rings. The molecule has 0 radical (unpaired) electrons. The second-order valence-corrected chi connectivity index (χ2v) is 3.84. The Morgan fingerprint density at radius 2 is 2.43 bits per heavy atom. The van der Waals surface area contributed by atoms with Gasteiger partial charge in [0.1, 0.15) is 0 Å². The molecule has 0 saturated carbocycles. The number of hydrogen-bond donors (Lipinski definition) is 2. The number of nitrogens with zero attached hydrogens (tertiary/aromatic N) is 2. The number of hydrogen-bond acceptors (Lipinski definition) is 3. The van der Waals surface area contributed by atoms with Gasteiger partial charge in [-0.1, -0.05) is 6.92 Å². The molecule has 1 aromatic heterocycles. The first-order valence-corrected chi connectivity index (χ1v) is 5.05. The van der Waals surface area contributed by atoms with Gasteiger partial charge in [0.15, 0.2) is 0 Å². The summed E-state index contributed by atoms with van der Waals surface area (Å²) in [6, 6.07) is 0. The fourth-order valence-electron chi connectivity index (χ4n) is 1.12. The maximum atomic E-state index is 11.5. The first-order valence-electron chi connectivity index (χ1n) is 4.53. The summed E-state index contributed by atoms with van der Waals surface area (Å²) in [7, 11) is 1.82. The summed E-state index contributed by atoms with van der Waals surface area (Å²) in [6.07, 6.45) is 2.50. The van der Waals surface area contributed by atoms with Gasteiger partial charge in [-0.2, -0.15) is 17.7 Å². The standard InChI is InChI=1S/C9H15N3OS/c1-4-8(14)9(13)10-7-5-12(3)11-6(7)2/h5,8,14H,4H2,1-3H3,(H,10,13). The molecular formula is C9H15N3OS. The van der Waals surface area contributed by atoms with E-state index in [1.165, 1.54) is 0 Å². The molecule has 0 aliphatic heterocycles. The van der Waals surface area contributed by atoms with Crippen LogP contribution in [0.1, 0.15) is 19.0 Å². The van der Waals surface area contributed by atoms with E-state index in [0.717, 1.165) is 11.4 Å². The van der Waals surface area contributed by atoms with Gasteiger partial charge >= 0.3 is 0 Å². The average molecular weight is 213 g/mol. The maximum Gasteiger partial charge on any atom is 0.237 e. The van der Waals surface area contributed by atoms with Gasteiger partial charge in [-0.3, -0.25) is 9.48 Å². The minimum Gasteiger partial charge on any atom is -0.322 e. The van der Waals surface area contributed by atoms with Crippen LogP contribution in [0.5, 0.6) is 0 Å². The summed E-state index contributed by atoms with van der Waals surface area (Å²) < 4.78 is 1.67. The zero-order chi connectivity index (χ0) is 10.7. The summed E-state index contributed by atoms with van der Waals surface area (Å²) in [5.74, 6) is -0.0769. The van der Waals surface area contributed by atoms with Crippen LogP contribution in [0.15, 0.2) is 6.20 Å². The first-order chi connectivity index (χ1) is 6.54. The molecule has 4 nitrogen and oxygen atoms in total. The molecule has 1 heterocycles. The molecule has 1 amide bonds. The third-order valence-corrected chi connectivity index (χ3v) is 2.56. The van der Waals surface area contributed by atoms with Crippen molar-refractivity contribution < 1.29 is 4.79 Å². The third kappa shape index (κ3) is 2.51. The number of amides is 1. The predicted molar refractivity (Wildman–Crippen MR) is 59.6 cm³/mol. The molecule has 1 atom stereocenters. The topological polar surface area (TPSA) is 46.9 Å². The molecule has 0 saturated heterocycles. The van der Waals surface area contributed by atoms with E-state index in [4.69, 9.17) is 0 Å². The average Bonchev–Trinajstić information content (AvgIpc) is 2.44. The molecule has 0 bridgehead atoms. The van der Waals surface area contributed by atoms with Crippen molar-refractivity contribution in [3.05, 3.63) is 11.9 Å². The lowest BCUT2D eigenvalue weighted by Crippen LogP contribution is -2.22. The van der Waals surface area contributed by atoms with Crippen LogP contribution in [0.4, 0.5) is 5.69 Å². The highest BCUT2D eigenvalue weighted by Gasteiger charge is 2.13. The summed E-state index contributed by atoms with van der Waals surface area (Å²) in [5, 5.41) is 6.65. The SMILES string of the molecule is CCC(S)C(=O)Nc1cn(C)nc1C. The number of rotatable bonds is 3. The van der Waals surface area contributed by atoms with Crippen molar-refractivity contribution in [2.24, 2.45) is 7.05 Å². The Kier molecular flexibility index (Phi) is 3.57. The van der Waals surface area contributed by atoms with Gasteiger partial charge in [-0.05, 0) is 13.3 Å². The van der Waals surface area contributed by atoms with Gasteiger partial charge < -0.3 is 5.32 Å². The molecule has 1 aromatic rings. The second-order valence-electron chi connectivity index (χ2n) is 3.22. The predicted octanol–water partition coefficient (Wildman–Crippen LogP) is 1.38. The van der Waals surface area contributed by atoms with Crippen molar-refractivity contribution in [3.63, 3.8) is 0 Å². The normalized spacial score (nSPS) is 12.6. The highest BCUT2D eigenvalue weighted by atomic mass is 32.1. The van der Waals surface area contributed by atoms with Gasteiger partial charge in [0.05, 0.1) is 16.6 Å². The summed E-state index contributed by atoms with van der Waals surface area (Å²) in [5.41, 5.74) is 1.57. The van der Waals surface area contributed by atoms with E-state index in [1.54, 1.807) is 10.9 Å². The van der Waals surface area contributed by atoms with Crippen LogP contribution in [0.2, 0.25) is 0 Å². The van der Waals surface area contributed by atoms with Gasteiger partial charge in [0.25, 0.3) is 0 Å². The smallest absolute Gasteiger partial charge is 0.237 e. The fourth-order valence-corrected chi connectivity index (χ4v) is 1.19. The molecule has 0 fully saturated rings. The molecule has 0 spiro atoms. The molecule has 1 rings (SSSR count). The zero-order valence-electron chi connectivity index (χ0n) is 8.61. The van der Waals surface area contributed by atoms with Crippen LogP contribution in [0, 0.1) is 6.92 Å². The fraction of sp³-hybridized carbons (Fsp3) is 0.556. The lowest BCUT2D eigenvalue weighted by atomic mass is 10.3. The number of nitrogens with one attached hydrogen (secondary N) is 1. The molecule has 1 N–H and O–H groups in total. The summed E-state index contributed by atoms with van der Waals surface area (Å²) in [6.45, 7) is 3.78.